The first-order chi connectivity index (χ1) is 11.8. The first-order valence-electron chi connectivity index (χ1n) is 7.62. The molecular formula is C18H13N3O3. The molecular weight excluding hydrogens is 306 g/mol. The lowest BCUT2D eigenvalue weighted by molar-refractivity contribution is 0.174. The summed E-state index contributed by atoms with van der Waals surface area (Å²) in [5.41, 5.74) is 3.61. The molecule has 0 aliphatic carbocycles. The van der Waals surface area contributed by atoms with Gasteiger partial charge in [0.15, 0.2) is 17.1 Å². The molecule has 0 atom stereocenters. The number of fused-ring (bicyclic) bond motifs is 2. The minimum Gasteiger partial charge on any atom is -0.464 e. The number of ether oxygens (including phenoxy) is 2. The molecule has 1 N–H and O–H groups in total. The van der Waals surface area contributed by atoms with E-state index in [2.05, 4.69) is 15.0 Å². The van der Waals surface area contributed by atoms with Gasteiger partial charge >= 0.3 is 0 Å². The van der Waals surface area contributed by atoms with Crippen LogP contribution in [0.2, 0.25) is 0 Å². The van der Waals surface area contributed by atoms with Crippen LogP contribution >= 0.6 is 0 Å². The van der Waals surface area contributed by atoms with Crippen molar-refractivity contribution in [2.24, 2.45) is 0 Å². The normalized spacial score (nSPS) is 12.8. The van der Waals surface area contributed by atoms with Gasteiger partial charge in [-0.3, -0.25) is 0 Å². The Morgan fingerprint density at radius 1 is 1.08 bits per heavy atom. The van der Waals surface area contributed by atoms with E-state index in [9.17, 15) is 0 Å². The van der Waals surface area contributed by atoms with Gasteiger partial charge in [-0.25, -0.2) is 9.97 Å². The molecule has 0 bridgehead atoms. The van der Waals surface area contributed by atoms with Crippen LogP contribution in [-0.4, -0.2) is 21.7 Å². The van der Waals surface area contributed by atoms with E-state index >= 15 is 0 Å². The molecule has 118 valence electrons. The number of H-pyrrole nitrogens is 1. The molecule has 0 fully saturated rings. The lowest BCUT2D eigenvalue weighted by Gasteiger charge is -2.00. The summed E-state index contributed by atoms with van der Waals surface area (Å²) in [6.07, 6.45) is 4.09. The van der Waals surface area contributed by atoms with Crippen molar-refractivity contribution < 1.29 is 13.9 Å². The summed E-state index contributed by atoms with van der Waals surface area (Å²) in [5, 5.41) is 0. The van der Waals surface area contributed by atoms with Crippen molar-refractivity contribution in [2.45, 2.75) is 6.42 Å². The predicted molar refractivity (Wildman–Crippen MR) is 87.0 cm³/mol. The van der Waals surface area contributed by atoms with Crippen molar-refractivity contribution in [3.8, 4) is 22.8 Å². The van der Waals surface area contributed by atoms with Crippen LogP contribution < -0.4 is 9.47 Å². The van der Waals surface area contributed by atoms with Crippen LogP contribution in [0.1, 0.15) is 11.4 Å². The number of imidazole rings is 1. The third-order valence-electron chi connectivity index (χ3n) is 4.00. The van der Waals surface area contributed by atoms with Gasteiger partial charge < -0.3 is 18.9 Å². The van der Waals surface area contributed by atoms with Gasteiger partial charge in [-0.05, 0) is 35.9 Å². The largest absolute Gasteiger partial charge is 0.464 e. The van der Waals surface area contributed by atoms with Crippen molar-refractivity contribution in [1.82, 2.24) is 15.0 Å². The Labute approximate surface area is 137 Å². The fourth-order valence-electron chi connectivity index (χ4n) is 2.86. The van der Waals surface area contributed by atoms with Crippen molar-refractivity contribution >= 4 is 11.2 Å². The Hall–Kier alpha value is -3.28. The molecule has 0 radical (unpaired) electrons. The average molecular weight is 319 g/mol. The van der Waals surface area contributed by atoms with Gasteiger partial charge in [0.1, 0.15) is 11.6 Å². The highest BCUT2D eigenvalue weighted by Crippen LogP contribution is 2.33. The molecule has 6 nitrogen and oxygen atoms in total. The first-order valence-corrected chi connectivity index (χ1v) is 7.62. The Morgan fingerprint density at radius 3 is 2.96 bits per heavy atom. The average Bonchev–Trinajstić information content (AvgIpc) is 3.33. The van der Waals surface area contributed by atoms with Gasteiger partial charge in [-0.1, -0.05) is 6.07 Å². The molecule has 3 aromatic heterocycles. The van der Waals surface area contributed by atoms with Crippen LogP contribution in [0.3, 0.4) is 0 Å². The molecule has 5 rings (SSSR count). The van der Waals surface area contributed by atoms with E-state index in [0.29, 0.717) is 12.1 Å². The maximum atomic E-state index is 5.42. The van der Waals surface area contributed by atoms with Crippen LogP contribution in [0.4, 0.5) is 0 Å². The van der Waals surface area contributed by atoms with Crippen LogP contribution in [0.15, 0.2) is 53.3 Å². The quantitative estimate of drug-likeness (QED) is 0.625. The zero-order chi connectivity index (χ0) is 15.9. The number of pyridine rings is 1. The van der Waals surface area contributed by atoms with Crippen molar-refractivity contribution in [3.05, 3.63) is 60.2 Å². The van der Waals surface area contributed by atoms with Crippen LogP contribution in [0.5, 0.6) is 11.5 Å². The summed E-state index contributed by atoms with van der Waals surface area (Å²) in [5.74, 6) is 3.21. The van der Waals surface area contributed by atoms with Gasteiger partial charge in [0.05, 0.1) is 11.8 Å². The fourth-order valence-corrected chi connectivity index (χ4v) is 2.86. The lowest BCUT2D eigenvalue weighted by Crippen LogP contribution is -1.93. The Balaban J connectivity index is 1.47. The standard InChI is InChI=1S/C18H13N3O3/c1-2-14(22-5-1)12-8-13-18(19-9-12)21-17(20-13)7-11-3-4-15-16(6-11)24-10-23-15/h1-6,8-9H,7,10H2,(H,19,20,21). The van der Waals surface area contributed by atoms with E-state index < -0.39 is 0 Å². The van der Waals surface area contributed by atoms with Crippen LogP contribution in [0.25, 0.3) is 22.5 Å². The number of nitrogens with zero attached hydrogens (tertiary/aromatic N) is 2. The summed E-state index contributed by atoms with van der Waals surface area (Å²) in [6, 6.07) is 11.7. The van der Waals surface area contributed by atoms with Crippen molar-refractivity contribution in [2.75, 3.05) is 6.79 Å². The summed E-state index contributed by atoms with van der Waals surface area (Å²) in [6.45, 7) is 0.281. The second-order valence-electron chi connectivity index (χ2n) is 5.62. The number of aromatic amines is 1. The lowest BCUT2D eigenvalue weighted by atomic mass is 10.1. The molecule has 4 aromatic rings. The number of nitrogens with one attached hydrogen (secondary N) is 1. The van der Waals surface area contributed by atoms with Crippen LogP contribution in [-0.2, 0) is 6.42 Å². The second-order valence-corrected chi connectivity index (χ2v) is 5.62. The van der Waals surface area contributed by atoms with E-state index in [0.717, 1.165) is 39.7 Å². The van der Waals surface area contributed by atoms with Gasteiger partial charge in [0, 0.05) is 18.2 Å². The molecule has 0 saturated carbocycles. The molecule has 1 aliphatic heterocycles. The zero-order valence-corrected chi connectivity index (χ0v) is 12.7. The van der Waals surface area contributed by atoms with Gasteiger partial charge in [0.2, 0.25) is 6.79 Å². The number of benzene rings is 1. The third kappa shape index (κ3) is 2.20. The van der Waals surface area contributed by atoms with Crippen molar-refractivity contribution in [1.29, 1.82) is 0 Å². The first kappa shape index (κ1) is 13.2. The maximum absolute atomic E-state index is 5.42. The minimum absolute atomic E-state index is 0.281. The summed E-state index contributed by atoms with van der Waals surface area (Å²) in [7, 11) is 0. The maximum Gasteiger partial charge on any atom is 0.231 e. The highest BCUT2D eigenvalue weighted by Gasteiger charge is 2.14. The molecule has 0 spiro atoms. The topological polar surface area (TPSA) is 73.2 Å². The van der Waals surface area contributed by atoms with Gasteiger partial charge in [-0.2, -0.15) is 0 Å². The molecule has 6 heteroatoms. The molecule has 1 aromatic carbocycles. The number of hydrogen-bond donors (Lipinski definition) is 1. The smallest absolute Gasteiger partial charge is 0.231 e. The second kappa shape index (κ2) is 5.13. The molecule has 4 heterocycles. The number of aromatic nitrogens is 3. The molecule has 1 aliphatic rings. The Morgan fingerprint density at radius 2 is 2.04 bits per heavy atom. The fraction of sp³-hybridized carbons (Fsp3) is 0.111. The molecule has 0 unspecified atom stereocenters. The Bertz CT molecular complexity index is 1020. The monoisotopic (exact) mass is 319 g/mol. The van der Waals surface area contributed by atoms with E-state index in [-0.39, 0.29) is 6.79 Å². The summed E-state index contributed by atoms with van der Waals surface area (Å²) < 4.78 is 16.2. The number of furan rings is 1. The highest BCUT2D eigenvalue weighted by atomic mass is 16.7. The number of hydrogen-bond acceptors (Lipinski definition) is 5. The molecule has 0 amide bonds. The van der Waals surface area contributed by atoms with Gasteiger partial charge in [-0.15, -0.1) is 0 Å². The third-order valence-corrected chi connectivity index (χ3v) is 4.00. The van der Waals surface area contributed by atoms with E-state index in [1.54, 1.807) is 12.5 Å². The summed E-state index contributed by atoms with van der Waals surface area (Å²) >= 11 is 0. The molecule has 0 saturated heterocycles. The van der Waals surface area contributed by atoms with E-state index in [1.807, 2.05) is 36.4 Å². The van der Waals surface area contributed by atoms with E-state index in [4.69, 9.17) is 13.9 Å². The predicted octanol–water partition coefficient (Wildman–Crippen LogP) is 3.54. The summed E-state index contributed by atoms with van der Waals surface area (Å²) in [4.78, 5) is 12.3. The highest BCUT2D eigenvalue weighted by molar-refractivity contribution is 5.76. The minimum atomic E-state index is 0.281. The van der Waals surface area contributed by atoms with E-state index in [1.165, 1.54) is 0 Å². The van der Waals surface area contributed by atoms with Crippen molar-refractivity contribution in [3.63, 3.8) is 0 Å². The number of rotatable bonds is 3. The van der Waals surface area contributed by atoms with Gasteiger partial charge in [0.25, 0.3) is 0 Å². The van der Waals surface area contributed by atoms with Crippen LogP contribution in [0, 0.1) is 0 Å². The SMILES string of the molecule is c1coc(-c2cnc3nc(Cc4ccc5c(c4)OCO5)[nH]c3c2)c1. The Kier molecular flexibility index (Phi) is 2.82. The zero-order valence-electron chi connectivity index (χ0n) is 12.7. The molecule has 24 heavy (non-hydrogen) atoms.